The summed E-state index contributed by atoms with van der Waals surface area (Å²) in [5, 5.41) is 9.41. The molecule has 0 atom stereocenters. The molecule has 8 heteroatoms. The van der Waals surface area contributed by atoms with Crippen LogP contribution in [-0.4, -0.2) is 28.7 Å². The van der Waals surface area contributed by atoms with Gasteiger partial charge in [-0.15, -0.1) is 0 Å². The summed E-state index contributed by atoms with van der Waals surface area (Å²) in [6.45, 7) is -0.0196. The minimum atomic E-state index is -0.474. The van der Waals surface area contributed by atoms with Crippen LogP contribution in [0.4, 0.5) is 5.69 Å². The Balaban J connectivity index is 1.64. The standard InChI is InChI=1S/C21H20N4O4/c1-29-17-9-5-6-15(12-17)13-22-19(26)14-25-20(27)11-10-18(24-25)21(28)23-16-7-3-2-4-8-16/h2-12H,13-14H2,1H3,(H,22,26)(H,23,28). The number of aromatic nitrogens is 2. The van der Waals surface area contributed by atoms with Crippen molar-refractivity contribution in [1.82, 2.24) is 15.1 Å². The van der Waals surface area contributed by atoms with Gasteiger partial charge in [0.2, 0.25) is 5.91 Å². The quantitative estimate of drug-likeness (QED) is 0.639. The SMILES string of the molecule is COc1cccc(CNC(=O)Cn2nc(C(=O)Nc3ccccc3)ccc2=O)c1. The third-order valence-electron chi connectivity index (χ3n) is 4.05. The summed E-state index contributed by atoms with van der Waals surface area (Å²) in [6.07, 6.45) is 0. The molecule has 8 nitrogen and oxygen atoms in total. The Labute approximate surface area is 167 Å². The van der Waals surface area contributed by atoms with Crippen LogP contribution in [0.1, 0.15) is 16.1 Å². The first-order chi connectivity index (χ1) is 14.0. The van der Waals surface area contributed by atoms with E-state index < -0.39 is 17.4 Å². The van der Waals surface area contributed by atoms with Crippen LogP contribution in [0.5, 0.6) is 5.75 Å². The van der Waals surface area contributed by atoms with Gasteiger partial charge in [-0.2, -0.15) is 5.10 Å². The van der Waals surface area contributed by atoms with Crippen LogP contribution in [-0.2, 0) is 17.9 Å². The molecule has 1 heterocycles. The number of rotatable bonds is 7. The fraction of sp³-hybridized carbons (Fsp3) is 0.143. The lowest BCUT2D eigenvalue weighted by Crippen LogP contribution is -2.34. The molecule has 1 aromatic heterocycles. The predicted octanol–water partition coefficient (Wildman–Crippen LogP) is 1.82. The number of methoxy groups -OCH3 is 1. The number of hydrogen-bond donors (Lipinski definition) is 2. The number of carbonyl (C=O) groups is 2. The van der Waals surface area contributed by atoms with E-state index in [2.05, 4.69) is 15.7 Å². The minimum Gasteiger partial charge on any atom is -0.497 e. The summed E-state index contributed by atoms with van der Waals surface area (Å²) >= 11 is 0. The van der Waals surface area contributed by atoms with Gasteiger partial charge in [0.1, 0.15) is 18.0 Å². The summed E-state index contributed by atoms with van der Waals surface area (Å²) in [6, 6.07) is 18.7. The van der Waals surface area contributed by atoms with E-state index in [9.17, 15) is 14.4 Å². The Bertz CT molecular complexity index is 1060. The third-order valence-corrected chi connectivity index (χ3v) is 4.05. The second-order valence-corrected chi connectivity index (χ2v) is 6.16. The molecule has 0 aliphatic rings. The Morgan fingerprint density at radius 1 is 1.03 bits per heavy atom. The maximum absolute atomic E-state index is 12.3. The highest BCUT2D eigenvalue weighted by molar-refractivity contribution is 6.02. The number of hydrogen-bond acceptors (Lipinski definition) is 5. The highest BCUT2D eigenvalue weighted by Gasteiger charge is 2.12. The van der Waals surface area contributed by atoms with Crippen molar-refractivity contribution in [2.75, 3.05) is 12.4 Å². The van der Waals surface area contributed by atoms with Crippen molar-refractivity contribution < 1.29 is 14.3 Å². The molecule has 0 aliphatic heterocycles. The van der Waals surface area contributed by atoms with Crippen molar-refractivity contribution in [2.45, 2.75) is 13.1 Å². The van der Waals surface area contributed by atoms with Gasteiger partial charge < -0.3 is 15.4 Å². The Morgan fingerprint density at radius 3 is 2.59 bits per heavy atom. The van der Waals surface area contributed by atoms with E-state index >= 15 is 0 Å². The number of amides is 2. The van der Waals surface area contributed by atoms with Crippen LogP contribution < -0.4 is 20.9 Å². The van der Waals surface area contributed by atoms with Gasteiger partial charge in [-0.25, -0.2) is 4.68 Å². The van der Waals surface area contributed by atoms with Crippen LogP contribution in [0.25, 0.3) is 0 Å². The summed E-state index contributed by atoms with van der Waals surface area (Å²) in [7, 11) is 1.57. The number of anilines is 1. The minimum absolute atomic E-state index is 0.0362. The fourth-order valence-corrected chi connectivity index (χ4v) is 2.57. The maximum Gasteiger partial charge on any atom is 0.276 e. The van der Waals surface area contributed by atoms with E-state index in [-0.39, 0.29) is 18.8 Å². The van der Waals surface area contributed by atoms with Crippen molar-refractivity contribution in [3.05, 3.63) is 88.3 Å². The monoisotopic (exact) mass is 392 g/mol. The zero-order valence-corrected chi connectivity index (χ0v) is 15.8. The molecular formula is C21H20N4O4. The van der Waals surface area contributed by atoms with Crippen molar-refractivity contribution in [3.63, 3.8) is 0 Å². The lowest BCUT2D eigenvalue weighted by molar-refractivity contribution is -0.122. The Hall–Kier alpha value is -3.94. The topological polar surface area (TPSA) is 102 Å². The first-order valence-corrected chi connectivity index (χ1v) is 8.89. The van der Waals surface area contributed by atoms with Gasteiger partial charge in [0, 0.05) is 18.3 Å². The third kappa shape index (κ3) is 5.52. The molecule has 0 bridgehead atoms. The predicted molar refractivity (Wildman–Crippen MR) is 108 cm³/mol. The van der Waals surface area contributed by atoms with Gasteiger partial charge >= 0.3 is 0 Å². The molecule has 29 heavy (non-hydrogen) atoms. The first kappa shape index (κ1) is 19.8. The number of nitrogens with one attached hydrogen (secondary N) is 2. The molecule has 148 valence electrons. The molecule has 3 rings (SSSR count). The molecule has 0 spiro atoms. The number of para-hydroxylation sites is 1. The van der Waals surface area contributed by atoms with Gasteiger partial charge in [0.25, 0.3) is 11.5 Å². The van der Waals surface area contributed by atoms with Gasteiger partial charge in [-0.05, 0) is 35.9 Å². The molecule has 3 aromatic rings. The van der Waals surface area contributed by atoms with Crippen LogP contribution >= 0.6 is 0 Å². The lowest BCUT2D eigenvalue weighted by atomic mass is 10.2. The van der Waals surface area contributed by atoms with E-state index in [4.69, 9.17) is 4.74 Å². The van der Waals surface area contributed by atoms with Gasteiger partial charge in [0.05, 0.1) is 7.11 Å². The van der Waals surface area contributed by atoms with Crippen molar-refractivity contribution in [3.8, 4) is 5.75 Å². The van der Waals surface area contributed by atoms with Crippen LogP contribution in [0.2, 0.25) is 0 Å². The van der Waals surface area contributed by atoms with Crippen molar-refractivity contribution >= 4 is 17.5 Å². The molecule has 0 fully saturated rings. The van der Waals surface area contributed by atoms with Gasteiger partial charge in [-0.1, -0.05) is 30.3 Å². The molecule has 2 aromatic carbocycles. The zero-order valence-electron chi connectivity index (χ0n) is 15.8. The van der Waals surface area contributed by atoms with Crippen molar-refractivity contribution in [1.29, 1.82) is 0 Å². The highest BCUT2D eigenvalue weighted by Crippen LogP contribution is 2.12. The number of benzene rings is 2. The van der Waals surface area contributed by atoms with E-state index in [1.54, 1.807) is 43.5 Å². The van der Waals surface area contributed by atoms with Gasteiger partial charge in [0.15, 0.2) is 0 Å². The molecule has 0 unspecified atom stereocenters. The number of nitrogens with zero attached hydrogens (tertiary/aromatic N) is 2. The smallest absolute Gasteiger partial charge is 0.276 e. The molecule has 0 radical (unpaired) electrons. The van der Waals surface area contributed by atoms with Crippen molar-refractivity contribution in [2.24, 2.45) is 0 Å². The van der Waals surface area contributed by atoms with Crippen LogP contribution in [0.15, 0.2) is 71.5 Å². The molecule has 0 saturated carbocycles. The average Bonchev–Trinajstić information content (AvgIpc) is 2.74. The number of carbonyl (C=O) groups excluding carboxylic acids is 2. The zero-order chi connectivity index (χ0) is 20.6. The molecular weight excluding hydrogens is 372 g/mol. The van der Waals surface area contributed by atoms with Crippen LogP contribution in [0, 0.1) is 0 Å². The maximum atomic E-state index is 12.3. The number of ether oxygens (including phenoxy) is 1. The normalized spacial score (nSPS) is 10.2. The Morgan fingerprint density at radius 2 is 1.83 bits per heavy atom. The largest absolute Gasteiger partial charge is 0.497 e. The fourth-order valence-electron chi connectivity index (χ4n) is 2.57. The van der Waals surface area contributed by atoms with Crippen LogP contribution in [0.3, 0.4) is 0 Å². The molecule has 2 amide bonds. The summed E-state index contributed by atoms with van der Waals surface area (Å²) < 4.78 is 6.10. The van der Waals surface area contributed by atoms with E-state index in [0.29, 0.717) is 11.4 Å². The average molecular weight is 392 g/mol. The highest BCUT2D eigenvalue weighted by atomic mass is 16.5. The summed E-state index contributed by atoms with van der Waals surface area (Å²) in [5.41, 5.74) is 1.02. The second kappa shape index (κ2) is 9.32. The lowest BCUT2D eigenvalue weighted by Gasteiger charge is -2.09. The molecule has 0 saturated heterocycles. The first-order valence-electron chi connectivity index (χ1n) is 8.89. The molecule has 0 aliphatic carbocycles. The van der Waals surface area contributed by atoms with E-state index in [1.165, 1.54) is 12.1 Å². The molecule has 2 N–H and O–H groups in total. The van der Waals surface area contributed by atoms with Gasteiger partial charge in [-0.3, -0.25) is 14.4 Å². The van der Waals surface area contributed by atoms with E-state index in [0.717, 1.165) is 10.2 Å². The summed E-state index contributed by atoms with van der Waals surface area (Å²) in [4.78, 5) is 36.6. The Kier molecular flexibility index (Phi) is 6.36. The second-order valence-electron chi connectivity index (χ2n) is 6.16. The summed E-state index contributed by atoms with van der Waals surface area (Å²) in [5.74, 6) is -0.184. The van der Waals surface area contributed by atoms with E-state index in [1.807, 2.05) is 18.2 Å².